The first-order chi connectivity index (χ1) is 16.9. The number of benzene rings is 2. The fraction of sp³-hybridized carbons (Fsp3) is 0.440. The van der Waals surface area contributed by atoms with Crippen molar-refractivity contribution in [2.45, 2.75) is 25.8 Å². The van der Waals surface area contributed by atoms with Crippen LogP contribution in [0.4, 0.5) is 0 Å². The molecule has 2 rings (SSSR count). The van der Waals surface area contributed by atoms with Gasteiger partial charge in [-0.25, -0.2) is 0 Å². The first-order valence-corrected chi connectivity index (χ1v) is 12.2. The van der Waals surface area contributed by atoms with Gasteiger partial charge < -0.3 is 40.2 Å². The second-order valence-electron chi connectivity index (χ2n) is 7.82. The average molecular weight is 521 g/mol. The molecule has 0 amide bonds. The summed E-state index contributed by atoms with van der Waals surface area (Å²) in [5.41, 5.74) is 2.27. The molecule has 0 aromatic heterocycles. The van der Waals surface area contributed by atoms with Gasteiger partial charge in [0.15, 0.2) is 33.2 Å². The molecule has 8 nitrogen and oxygen atoms in total. The molecule has 0 radical (unpaired) electrons. The largest absolute Gasteiger partial charge is 0.493 e. The van der Waals surface area contributed by atoms with Crippen molar-refractivity contribution >= 4 is 34.7 Å². The molecule has 2 aromatic carbocycles. The summed E-state index contributed by atoms with van der Waals surface area (Å²) in [5, 5.41) is 14.2. The molecule has 4 N–H and O–H groups in total. The monoisotopic (exact) mass is 520 g/mol. The summed E-state index contributed by atoms with van der Waals surface area (Å²) in [4.78, 5) is 0. The molecule has 192 valence electrons. The third-order valence-electron chi connectivity index (χ3n) is 5.24. The predicted molar refractivity (Wildman–Crippen MR) is 148 cm³/mol. The summed E-state index contributed by atoms with van der Waals surface area (Å²) in [6.45, 7) is 4.10. The van der Waals surface area contributed by atoms with Crippen molar-refractivity contribution in [2.75, 3.05) is 48.1 Å². The van der Waals surface area contributed by atoms with Crippen LogP contribution in [0, 0.1) is 0 Å². The maximum atomic E-state index is 5.41. The Bertz CT molecular complexity index is 974. The number of thiocarbonyl (C=S) groups is 2. The number of methoxy groups -OCH3 is 4. The van der Waals surface area contributed by atoms with Crippen molar-refractivity contribution in [3.8, 4) is 23.0 Å². The van der Waals surface area contributed by atoms with E-state index in [4.69, 9.17) is 43.4 Å². The minimum atomic E-state index is 0.0988. The van der Waals surface area contributed by atoms with E-state index in [1.54, 1.807) is 28.4 Å². The van der Waals surface area contributed by atoms with Gasteiger partial charge in [-0.1, -0.05) is 12.1 Å². The Morgan fingerprint density at radius 3 is 1.60 bits per heavy atom. The second kappa shape index (κ2) is 15.1. The third kappa shape index (κ3) is 9.65. The number of hydrogen-bond acceptors (Lipinski definition) is 6. The Kier molecular flexibility index (Phi) is 12.2. The van der Waals surface area contributed by atoms with Gasteiger partial charge in [0.1, 0.15) is 0 Å². The molecular formula is C25H36N4O4S2. The lowest BCUT2D eigenvalue weighted by atomic mass is 10.1. The lowest BCUT2D eigenvalue weighted by Crippen LogP contribution is -2.48. The summed E-state index contributed by atoms with van der Waals surface area (Å²) in [5.74, 6) is 2.88. The zero-order chi connectivity index (χ0) is 25.6. The molecule has 0 aliphatic rings. The highest BCUT2D eigenvalue weighted by molar-refractivity contribution is 7.80. The summed E-state index contributed by atoms with van der Waals surface area (Å²) >= 11 is 10.8. The maximum absolute atomic E-state index is 5.41. The molecule has 0 aliphatic heterocycles. The Labute approximate surface area is 219 Å². The lowest BCUT2D eigenvalue weighted by molar-refractivity contribution is 0.354. The van der Waals surface area contributed by atoms with Crippen LogP contribution in [-0.4, -0.2) is 64.3 Å². The fourth-order valence-electron chi connectivity index (χ4n) is 3.35. The van der Waals surface area contributed by atoms with Crippen LogP contribution in [0.2, 0.25) is 0 Å². The fourth-order valence-corrected chi connectivity index (χ4v) is 3.84. The molecular weight excluding hydrogens is 484 g/mol. The summed E-state index contributed by atoms with van der Waals surface area (Å²) in [6, 6.07) is 11.9. The molecule has 2 aromatic rings. The van der Waals surface area contributed by atoms with Gasteiger partial charge in [-0.15, -0.1) is 0 Å². The van der Waals surface area contributed by atoms with Crippen molar-refractivity contribution in [3.05, 3.63) is 47.5 Å². The summed E-state index contributed by atoms with van der Waals surface area (Å²) in [6.07, 6.45) is 1.62. The van der Waals surface area contributed by atoms with Gasteiger partial charge in [-0.05, 0) is 79.6 Å². The van der Waals surface area contributed by atoms with E-state index >= 15 is 0 Å². The highest BCUT2D eigenvalue weighted by atomic mass is 32.1. The van der Waals surface area contributed by atoms with E-state index in [9.17, 15) is 0 Å². The van der Waals surface area contributed by atoms with Gasteiger partial charge in [-0.2, -0.15) is 0 Å². The first-order valence-electron chi connectivity index (χ1n) is 11.4. The predicted octanol–water partition coefficient (Wildman–Crippen LogP) is 2.82. The van der Waals surface area contributed by atoms with Gasteiger partial charge in [0.25, 0.3) is 0 Å². The first kappa shape index (κ1) is 28.3. The van der Waals surface area contributed by atoms with E-state index in [2.05, 4.69) is 21.3 Å². The summed E-state index contributed by atoms with van der Waals surface area (Å²) < 4.78 is 21.3. The van der Waals surface area contributed by atoms with Gasteiger partial charge in [0.05, 0.1) is 28.4 Å². The maximum Gasteiger partial charge on any atom is 0.166 e. The zero-order valence-electron chi connectivity index (χ0n) is 21.0. The van der Waals surface area contributed by atoms with Crippen LogP contribution in [0.3, 0.4) is 0 Å². The van der Waals surface area contributed by atoms with Crippen LogP contribution in [0.15, 0.2) is 36.4 Å². The van der Waals surface area contributed by atoms with E-state index in [0.717, 1.165) is 47.0 Å². The Balaban J connectivity index is 1.63. The third-order valence-corrected chi connectivity index (χ3v) is 5.79. The minimum Gasteiger partial charge on any atom is -0.493 e. The molecule has 35 heavy (non-hydrogen) atoms. The topological polar surface area (TPSA) is 85.0 Å². The Morgan fingerprint density at radius 1 is 0.686 bits per heavy atom. The zero-order valence-corrected chi connectivity index (χ0v) is 22.7. The van der Waals surface area contributed by atoms with Gasteiger partial charge in [0.2, 0.25) is 0 Å². The molecule has 0 fully saturated rings. The highest BCUT2D eigenvalue weighted by Gasteiger charge is 2.08. The van der Waals surface area contributed by atoms with Crippen LogP contribution in [-0.2, 0) is 12.8 Å². The molecule has 10 heteroatoms. The van der Waals surface area contributed by atoms with Crippen molar-refractivity contribution < 1.29 is 18.9 Å². The standard InChI is InChI=1S/C25H36N4O4S2/c1-17(29-25(35)27-13-11-19-7-9-21(31-3)23(15-19)33-5)16-28-24(34)26-12-10-18-6-8-20(30-2)22(14-18)32-4/h6-9,14-15,17H,10-13,16H2,1-5H3,(H2,26,28,34)(H2,27,29,35)/t17-/m1/s1. The quantitative estimate of drug-likeness (QED) is 0.296. The molecule has 0 saturated carbocycles. The Morgan fingerprint density at radius 2 is 1.14 bits per heavy atom. The number of hydrogen-bond donors (Lipinski definition) is 4. The molecule has 0 bridgehead atoms. The van der Waals surface area contributed by atoms with Crippen molar-refractivity contribution in [1.29, 1.82) is 0 Å². The van der Waals surface area contributed by atoms with E-state index in [1.165, 1.54) is 0 Å². The molecule has 0 unspecified atom stereocenters. The van der Waals surface area contributed by atoms with Crippen LogP contribution >= 0.6 is 24.4 Å². The SMILES string of the molecule is COc1ccc(CCNC(=S)NC[C@@H](C)NC(=S)NCCc2ccc(OC)c(OC)c2)cc1OC. The van der Waals surface area contributed by atoms with E-state index in [1.807, 2.05) is 43.3 Å². The number of nitrogens with one attached hydrogen (secondary N) is 4. The normalized spacial score (nSPS) is 11.1. The molecule has 0 spiro atoms. The molecule has 0 aliphatic carbocycles. The van der Waals surface area contributed by atoms with E-state index in [0.29, 0.717) is 29.9 Å². The van der Waals surface area contributed by atoms with Crippen LogP contribution < -0.4 is 40.2 Å². The van der Waals surface area contributed by atoms with Crippen LogP contribution in [0.1, 0.15) is 18.1 Å². The van der Waals surface area contributed by atoms with E-state index in [-0.39, 0.29) is 6.04 Å². The smallest absolute Gasteiger partial charge is 0.166 e. The highest BCUT2D eigenvalue weighted by Crippen LogP contribution is 2.28. The summed E-state index contributed by atoms with van der Waals surface area (Å²) in [7, 11) is 6.52. The van der Waals surface area contributed by atoms with Crippen molar-refractivity contribution in [3.63, 3.8) is 0 Å². The minimum absolute atomic E-state index is 0.0988. The lowest BCUT2D eigenvalue weighted by Gasteiger charge is -2.19. The van der Waals surface area contributed by atoms with Crippen LogP contribution in [0.25, 0.3) is 0 Å². The van der Waals surface area contributed by atoms with Crippen molar-refractivity contribution in [1.82, 2.24) is 21.3 Å². The molecule has 0 saturated heterocycles. The second-order valence-corrected chi connectivity index (χ2v) is 8.63. The Hall–Kier alpha value is -2.98. The number of ether oxygens (including phenoxy) is 4. The average Bonchev–Trinajstić information content (AvgIpc) is 2.87. The van der Waals surface area contributed by atoms with Crippen LogP contribution in [0.5, 0.6) is 23.0 Å². The van der Waals surface area contributed by atoms with Gasteiger partial charge in [0, 0.05) is 25.7 Å². The molecule has 0 heterocycles. The van der Waals surface area contributed by atoms with Crippen molar-refractivity contribution in [2.24, 2.45) is 0 Å². The molecule has 1 atom stereocenters. The number of rotatable bonds is 13. The van der Waals surface area contributed by atoms with E-state index < -0.39 is 0 Å². The van der Waals surface area contributed by atoms with Gasteiger partial charge in [-0.3, -0.25) is 0 Å². The van der Waals surface area contributed by atoms with Gasteiger partial charge >= 0.3 is 0 Å².